The zero-order valence-corrected chi connectivity index (χ0v) is 11.5. The maximum atomic E-state index is 10.6. The number of carboxylic acids is 1. The van der Waals surface area contributed by atoms with E-state index in [0.29, 0.717) is 6.42 Å². The molecule has 0 bridgehead atoms. The number of aliphatic carboxylic acids is 1. The molecule has 0 saturated carbocycles. The molecule has 1 atom stereocenters. The van der Waals surface area contributed by atoms with Crippen molar-refractivity contribution in [3.63, 3.8) is 0 Å². The summed E-state index contributed by atoms with van der Waals surface area (Å²) in [4.78, 5) is 10.6. The summed E-state index contributed by atoms with van der Waals surface area (Å²) in [7, 11) is 0. The van der Waals surface area contributed by atoms with Gasteiger partial charge in [-0.05, 0) is 23.6 Å². The van der Waals surface area contributed by atoms with E-state index >= 15 is 0 Å². The first-order valence-corrected chi connectivity index (χ1v) is 6.73. The van der Waals surface area contributed by atoms with Crippen LogP contribution in [0.5, 0.6) is 5.75 Å². The smallest absolute Gasteiger partial charge is 0.304 e. The van der Waals surface area contributed by atoms with Gasteiger partial charge in [0, 0.05) is 10.9 Å². The molecule has 2 aromatic carbocycles. The van der Waals surface area contributed by atoms with E-state index < -0.39 is 11.3 Å². The highest BCUT2D eigenvalue weighted by Gasteiger charge is 2.12. The Bertz CT molecular complexity index is 596. The Kier molecular flexibility index (Phi) is 4.64. The van der Waals surface area contributed by atoms with Crippen LogP contribution in [0.15, 0.2) is 48.5 Å². The second kappa shape index (κ2) is 6.44. The normalized spacial score (nSPS) is 12.1. The van der Waals surface area contributed by atoms with Crippen molar-refractivity contribution in [1.82, 2.24) is 0 Å². The van der Waals surface area contributed by atoms with Gasteiger partial charge in [0.15, 0.2) is 0 Å². The van der Waals surface area contributed by atoms with Gasteiger partial charge in [0.25, 0.3) is 0 Å². The summed E-state index contributed by atoms with van der Waals surface area (Å²) < 4.78 is 0. The predicted octanol–water partition coefficient (Wildman–Crippen LogP) is 3.68. The average molecular weight is 291 g/mol. The number of benzene rings is 2. The monoisotopic (exact) mass is 290 g/mol. The number of phenols is 1. The maximum absolute atomic E-state index is 10.6. The van der Waals surface area contributed by atoms with Crippen LogP contribution in [0.1, 0.15) is 12.0 Å². The lowest BCUT2D eigenvalue weighted by molar-refractivity contribution is -0.137. The Labute approximate surface area is 122 Å². The minimum atomic E-state index is -0.921. The molecule has 0 aromatic heterocycles. The van der Waals surface area contributed by atoms with Gasteiger partial charge in [-0.25, -0.2) is 0 Å². The van der Waals surface area contributed by atoms with Gasteiger partial charge in [-0.15, -0.1) is 11.6 Å². The van der Waals surface area contributed by atoms with Crippen molar-refractivity contribution in [2.45, 2.75) is 18.2 Å². The fraction of sp³-hybridized carbons (Fsp3) is 0.188. The van der Waals surface area contributed by atoms with Crippen molar-refractivity contribution in [2.75, 3.05) is 0 Å². The number of aromatic hydroxyl groups is 1. The first kappa shape index (κ1) is 14.4. The van der Waals surface area contributed by atoms with Crippen LogP contribution in [0, 0.1) is 0 Å². The third kappa shape index (κ3) is 3.75. The van der Waals surface area contributed by atoms with E-state index in [1.807, 2.05) is 42.5 Å². The number of hydrogen-bond donors (Lipinski definition) is 2. The summed E-state index contributed by atoms with van der Waals surface area (Å²) in [5.74, 6) is -0.747. The fourth-order valence-corrected chi connectivity index (χ4v) is 2.39. The van der Waals surface area contributed by atoms with Gasteiger partial charge in [0.05, 0.1) is 6.42 Å². The minimum Gasteiger partial charge on any atom is -0.507 e. The molecule has 0 radical (unpaired) electrons. The molecule has 4 heteroatoms. The van der Waals surface area contributed by atoms with Crippen LogP contribution in [0.25, 0.3) is 11.1 Å². The largest absolute Gasteiger partial charge is 0.507 e. The average Bonchev–Trinajstić information content (AvgIpc) is 2.38. The number of rotatable bonds is 5. The molecule has 0 aliphatic heterocycles. The lowest BCUT2D eigenvalue weighted by Gasteiger charge is -2.10. The van der Waals surface area contributed by atoms with E-state index in [9.17, 15) is 9.90 Å². The molecule has 2 N–H and O–H groups in total. The van der Waals surface area contributed by atoms with Crippen molar-refractivity contribution in [3.05, 3.63) is 54.1 Å². The van der Waals surface area contributed by atoms with E-state index in [1.165, 1.54) is 0 Å². The molecule has 2 aromatic rings. The van der Waals surface area contributed by atoms with Gasteiger partial charge in [0.2, 0.25) is 0 Å². The van der Waals surface area contributed by atoms with Gasteiger partial charge in [0.1, 0.15) is 5.75 Å². The van der Waals surface area contributed by atoms with Crippen molar-refractivity contribution < 1.29 is 15.0 Å². The molecule has 20 heavy (non-hydrogen) atoms. The van der Waals surface area contributed by atoms with Crippen LogP contribution in [-0.4, -0.2) is 21.6 Å². The third-order valence-electron chi connectivity index (χ3n) is 3.00. The zero-order valence-electron chi connectivity index (χ0n) is 10.8. The molecular formula is C16H15ClO3. The fourth-order valence-electron chi connectivity index (χ4n) is 2.08. The second-order valence-electron chi connectivity index (χ2n) is 4.62. The predicted molar refractivity (Wildman–Crippen MR) is 79.1 cm³/mol. The van der Waals surface area contributed by atoms with Crippen molar-refractivity contribution >= 4 is 17.6 Å². The van der Waals surface area contributed by atoms with E-state index in [0.717, 1.165) is 16.7 Å². The number of hydrogen-bond acceptors (Lipinski definition) is 2. The lowest BCUT2D eigenvalue weighted by atomic mass is 10.0. The molecule has 0 saturated heterocycles. The molecule has 0 spiro atoms. The Morgan fingerprint density at radius 2 is 1.85 bits per heavy atom. The molecule has 0 amide bonds. The molecule has 1 unspecified atom stereocenters. The summed E-state index contributed by atoms with van der Waals surface area (Å²) >= 11 is 5.96. The van der Waals surface area contributed by atoms with E-state index in [1.54, 1.807) is 6.07 Å². The van der Waals surface area contributed by atoms with Crippen LogP contribution in [-0.2, 0) is 11.2 Å². The van der Waals surface area contributed by atoms with Gasteiger partial charge < -0.3 is 10.2 Å². The summed E-state index contributed by atoms with van der Waals surface area (Å²) in [5.41, 5.74) is 2.51. The summed E-state index contributed by atoms with van der Waals surface area (Å²) in [6.45, 7) is 0. The first-order valence-electron chi connectivity index (χ1n) is 6.29. The summed E-state index contributed by atoms with van der Waals surface area (Å²) in [6, 6.07) is 14.9. The standard InChI is InChI=1S/C16H15ClO3/c17-13(10-16(19)20)8-11-6-7-14(15(18)9-11)12-4-2-1-3-5-12/h1-7,9,13,18H,8,10H2,(H,19,20). The first-order chi connectivity index (χ1) is 9.56. The Morgan fingerprint density at radius 3 is 2.45 bits per heavy atom. The number of halogens is 1. The Morgan fingerprint density at radius 1 is 1.15 bits per heavy atom. The summed E-state index contributed by atoms with van der Waals surface area (Å²) in [6.07, 6.45) is 0.319. The van der Waals surface area contributed by atoms with E-state index in [4.69, 9.17) is 16.7 Å². The third-order valence-corrected chi connectivity index (χ3v) is 3.31. The van der Waals surface area contributed by atoms with Crippen LogP contribution >= 0.6 is 11.6 Å². The topological polar surface area (TPSA) is 57.5 Å². The van der Waals surface area contributed by atoms with Crippen LogP contribution < -0.4 is 0 Å². The highest BCUT2D eigenvalue weighted by Crippen LogP contribution is 2.30. The number of alkyl halides is 1. The van der Waals surface area contributed by atoms with E-state index in [2.05, 4.69) is 0 Å². The van der Waals surface area contributed by atoms with Gasteiger partial charge >= 0.3 is 5.97 Å². The number of carboxylic acid groups (broad SMARTS) is 1. The SMILES string of the molecule is O=C(O)CC(Cl)Cc1ccc(-c2ccccc2)c(O)c1. The van der Waals surface area contributed by atoms with Gasteiger partial charge in [-0.3, -0.25) is 4.79 Å². The Hall–Kier alpha value is -2.00. The van der Waals surface area contributed by atoms with Gasteiger partial charge in [-0.2, -0.15) is 0 Å². The molecule has 0 heterocycles. The molecule has 2 rings (SSSR count). The highest BCUT2D eigenvalue weighted by atomic mass is 35.5. The van der Waals surface area contributed by atoms with Crippen LogP contribution in [0.3, 0.4) is 0 Å². The molecule has 0 aliphatic rings. The Balaban J connectivity index is 2.16. The molecule has 0 aliphatic carbocycles. The maximum Gasteiger partial charge on any atom is 0.304 e. The van der Waals surface area contributed by atoms with Crippen LogP contribution in [0.2, 0.25) is 0 Å². The quantitative estimate of drug-likeness (QED) is 0.826. The minimum absolute atomic E-state index is 0.0945. The van der Waals surface area contributed by atoms with Gasteiger partial charge in [-0.1, -0.05) is 42.5 Å². The van der Waals surface area contributed by atoms with Crippen molar-refractivity contribution in [2.24, 2.45) is 0 Å². The number of phenolic OH excluding ortho intramolecular Hbond substituents is 1. The lowest BCUT2D eigenvalue weighted by Crippen LogP contribution is -2.09. The van der Waals surface area contributed by atoms with Crippen molar-refractivity contribution in [1.29, 1.82) is 0 Å². The van der Waals surface area contributed by atoms with Crippen LogP contribution in [0.4, 0.5) is 0 Å². The molecular weight excluding hydrogens is 276 g/mol. The summed E-state index contributed by atoms with van der Waals surface area (Å²) in [5, 5.41) is 18.3. The molecule has 0 fully saturated rings. The second-order valence-corrected chi connectivity index (χ2v) is 5.23. The highest BCUT2D eigenvalue weighted by molar-refractivity contribution is 6.21. The zero-order chi connectivity index (χ0) is 14.5. The number of carbonyl (C=O) groups is 1. The van der Waals surface area contributed by atoms with E-state index in [-0.39, 0.29) is 12.2 Å². The molecule has 104 valence electrons. The molecule has 3 nitrogen and oxygen atoms in total. The van der Waals surface area contributed by atoms with Crippen molar-refractivity contribution in [3.8, 4) is 16.9 Å².